The van der Waals surface area contributed by atoms with Crippen LogP contribution >= 0.6 is 0 Å². The van der Waals surface area contributed by atoms with Crippen LogP contribution in [0, 0.1) is 0 Å². The van der Waals surface area contributed by atoms with Crippen LogP contribution in [-0.4, -0.2) is 13.8 Å². The van der Waals surface area contributed by atoms with Gasteiger partial charge in [-0.2, -0.15) is 0 Å². The second-order valence-corrected chi connectivity index (χ2v) is 15.8. The van der Waals surface area contributed by atoms with E-state index in [4.69, 9.17) is 9.31 Å². The summed E-state index contributed by atoms with van der Waals surface area (Å²) >= 11 is 0. The molecule has 2 aliphatic rings. The molecule has 0 unspecified atom stereocenters. The minimum absolute atomic E-state index is 0.121. The van der Waals surface area contributed by atoms with Gasteiger partial charge in [0.25, 0.3) is 0 Å². The normalized spacial score (nSPS) is 16.8. The van der Waals surface area contributed by atoms with Crippen LogP contribution < -0.4 is 10.9 Å². The summed E-state index contributed by atoms with van der Waals surface area (Å²) < 4.78 is 14.4. The Morgan fingerprint density at radius 2 is 0.517 bits per heavy atom. The minimum atomic E-state index is -0.647. The zero-order valence-corrected chi connectivity index (χ0v) is 35.3. The van der Waals surface area contributed by atoms with Crippen molar-refractivity contribution in [3.63, 3.8) is 0 Å². The second kappa shape index (κ2) is 17.4. The smallest absolute Gasteiger partial charge is 0.358 e. The zero-order valence-electron chi connectivity index (χ0n) is 35.3. The fourth-order valence-electron chi connectivity index (χ4n) is 8.84. The van der Waals surface area contributed by atoms with Gasteiger partial charge in [-0.3, -0.25) is 0 Å². The molecule has 0 saturated carbocycles. The summed E-state index contributed by atoms with van der Waals surface area (Å²) in [6.45, 7) is 17.5. The van der Waals surface area contributed by atoms with Crippen molar-refractivity contribution in [3.05, 3.63) is 249 Å². The molecule has 8 rings (SSSR count). The van der Waals surface area contributed by atoms with Gasteiger partial charge in [0, 0.05) is 0 Å². The van der Waals surface area contributed by atoms with Crippen LogP contribution in [0.25, 0.3) is 0 Å². The Hall–Kier alpha value is -5.67. The molecule has 0 saturated heterocycles. The topological polar surface area (TPSA) is 18.5 Å². The molecule has 288 valence electrons. The van der Waals surface area contributed by atoms with Crippen molar-refractivity contribution >= 4 is 24.8 Å². The lowest BCUT2D eigenvalue weighted by atomic mass is 9.53. The first-order chi connectivity index (χ1) is 28.1. The highest BCUT2D eigenvalue weighted by atomic mass is 16.5. The lowest BCUT2D eigenvalue weighted by Crippen LogP contribution is -2.44. The van der Waals surface area contributed by atoms with Gasteiger partial charge in [-0.25, -0.2) is 0 Å². The number of benzene rings is 6. The molecule has 0 bridgehead atoms. The highest BCUT2D eigenvalue weighted by Crippen LogP contribution is 2.47. The Balaban J connectivity index is 0.000000177. The van der Waals surface area contributed by atoms with Crippen molar-refractivity contribution in [1.82, 2.24) is 0 Å². The van der Waals surface area contributed by atoms with E-state index >= 15 is 0 Å². The molecular formula is C54H54B2O2. The maximum atomic E-state index is 7.21. The molecule has 6 aromatic carbocycles. The molecule has 58 heavy (non-hydrogen) atoms. The molecule has 0 radical (unpaired) electrons. The molecule has 6 aromatic rings. The molecule has 4 heteroatoms. The lowest BCUT2D eigenvalue weighted by molar-refractivity contribution is 0.155. The van der Waals surface area contributed by atoms with Crippen LogP contribution in [-0.2, 0) is 20.5 Å². The third kappa shape index (κ3) is 7.44. The highest BCUT2D eigenvalue weighted by Gasteiger charge is 2.46. The Labute approximate surface area is 347 Å². The summed E-state index contributed by atoms with van der Waals surface area (Å²) in [5.41, 5.74) is 15.9. The predicted octanol–water partition coefficient (Wildman–Crippen LogP) is 12.1. The van der Waals surface area contributed by atoms with Crippen molar-refractivity contribution in [2.24, 2.45) is 0 Å². The molecule has 2 heterocycles. The number of hydrogen-bond donors (Lipinski definition) is 0. The van der Waals surface area contributed by atoms with Crippen LogP contribution in [0.2, 0.25) is 0 Å². The Kier molecular flexibility index (Phi) is 12.2. The van der Waals surface area contributed by atoms with E-state index in [9.17, 15) is 0 Å². The van der Waals surface area contributed by atoms with Crippen LogP contribution in [0.5, 0.6) is 0 Å². The maximum absolute atomic E-state index is 7.21. The van der Waals surface area contributed by atoms with Gasteiger partial charge >= 0.3 is 13.8 Å². The van der Waals surface area contributed by atoms with E-state index in [0.29, 0.717) is 0 Å². The van der Waals surface area contributed by atoms with Gasteiger partial charge < -0.3 is 9.31 Å². The molecule has 0 atom stereocenters. The van der Waals surface area contributed by atoms with Crippen molar-refractivity contribution in [1.29, 1.82) is 0 Å². The van der Waals surface area contributed by atoms with Gasteiger partial charge in [0.15, 0.2) is 0 Å². The third-order valence-electron chi connectivity index (χ3n) is 12.8. The first-order valence-electron chi connectivity index (χ1n) is 20.5. The highest BCUT2D eigenvalue weighted by molar-refractivity contribution is 6.75. The molecule has 0 fully saturated rings. The molecule has 0 aromatic heterocycles. The van der Waals surface area contributed by atoms with Crippen molar-refractivity contribution < 1.29 is 9.31 Å². The SMILES string of the molecule is CC1=C(C)C(C)=C(C)C(c2ccccc2)(c2ccccc2)OB1c1ccccc1.CC1=C(C)C(C)=C(C)C(c2ccccc2)(c2ccccc2)OB1c1ccccc1. The van der Waals surface area contributed by atoms with Crippen LogP contribution in [0.3, 0.4) is 0 Å². The average molecular weight is 757 g/mol. The molecule has 0 aliphatic carbocycles. The Morgan fingerprint density at radius 1 is 0.293 bits per heavy atom. The van der Waals surface area contributed by atoms with E-state index in [2.05, 4.69) is 237 Å². The summed E-state index contributed by atoms with van der Waals surface area (Å²) in [4.78, 5) is 0. The number of hydrogen-bond acceptors (Lipinski definition) is 2. The summed E-state index contributed by atoms with van der Waals surface area (Å²) in [5, 5.41) is 0. The van der Waals surface area contributed by atoms with Crippen LogP contribution in [0.1, 0.15) is 77.6 Å². The predicted molar refractivity (Wildman–Crippen MR) is 247 cm³/mol. The Morgan fingerprint density at radius 3 is 0.759 bits per heavy atom. The number of allylic oxidation sites excluding steroid dienone is 6. The van der Waals surface area contributed by atoms with E-state index in [-0.39, 0.29) is 13.8 Å². The zero-order chi connectivity index (χ0) is 40.9. The van der Waals surface area contributed by atoms with Gasteiger partial charge in [0.05, 0.1) is 0 Å². The van der Waals surface area contributed by atoms with E-state index < -0.39 is 11.2 Å². The van der Waals surface area contributed by atoms with Crippen molar-refractivity contribution in [3.8, 4) is 0 Å². The number of rotatable bonds is 6. The first kappa shape index (κ1) is 40.5. The third-order valence-corrected chi connectivity index (χ3v) is 12.8. The van der Waals surface area contributed by atoms with E-state index in [0.717, 1.165) is 22.3 Å². The standard InChI is InChI=1S/2C27H27BO/c2*1-20-21(2)23(4)28(26-18-12-7-13-19-26)29-27(22(20)3,24-14-8-5-9-15-24)25-16-10-6-11-17-25/h2*5-19H,1-4H3. The fraction of sp³-hybridized carbons (Fsp3) is 0.185. The van der Waals surface area contributed by atoms with Crippen LogP contribution in [0.4, 0.5) is 0 Å². The minimum Gasteiger partial charge on any atom is -0.410 e. The van der Waals surface area contributed by atoms with Gasteiger partial charge in [-0.15, -0.1) is 0 Å². The summed E-state index contributed by atoms with van der Waals surface area (Å²) in [6.07, 6.45) is 0. The van der Waals surface area contributed by atoms with Crippen LogP contribution in [0.15, 0.2) is 226 Å². The first-order valence-corrected chi connectivity index (χ1v) is 20.5. The quantitative estimate of drug-likeness (QED) is 0.158. The molecule has 0 amide bonds. The summed E-state index contributed by atoms with van der Waals surface area (Å²) in [6, 6.07) is 63.6. The van der Waals surface area contributed by atoms with E-state index in [1.54, 1.807) is 0 Å². The second-order valence-electron chi connectivity index (χ2n) is 15.8. The summed E-state index contributed by atoms with van der Waals surface area (Å²) in [5.74, 6) is 0. The Bertz CT molecular complexity index is 2200. The van der Waals surface area contributed by atoms with Crippen molar-refractivity contribution in [2.75, 3.05) is 0 Å². The monoisotopic (exact) mass is 756 g/mol. The van der Waals surface area contributed by atoms with E-state index in [1.807, 2.05) is 0 Å². The molecule has 0 spiro atoms. The van der Waals surface area contributed by atoms with Gasteiger partial charge in [0.2, 0.25) is 0 Å². The van der Waals surface area contributed by atoms with E-state index in [1.165, 1.54) is 55.3 Å². The molecular weight excluding hydrogens is 702 g/mol. The average Bonchev–Trinajstić information content (AvgIpc) is 3.42. The molecule has 0 N–H and O–H groups in total. The molecule has 2 nitrogen and oxygen atoms in total. The van der Waals surface area contributed by atoms with Crippen molar-refractivity contribution in [2.45, 2.75) is 66.6 Å². The maximum Gasteiger partial charge on any atom is 0.358 e. The van der Waals surface area contributed by atoms with Gasteiger partial charge in [-0.1, -0.05) is 204 Å². The fourth-order valence-corrected chi connectivity index (χ4v) is 8.84. The molecule has 2 aliphatic heterocycles. The van der Waals surface area contributed by atoms with Gasteiger partial charge in [0.1, 0.15) is 11.2 Å². The lowest BCUT2D eigenvalue weighted by Gasteiger charge is -2.39. The van der Waals surface area contributed by atoms with Gasteiger partial charge in [-0.05, 0) is 111 Å². The largest absolute Gasteiger partial charge is 0.410 e. The summed E-state index contributed by atoms with van der Waals surface area (Å²) in [7, 11) is 0.